The van der Waals surface area contributed by atoms with Crippen molar-refractivity contribution in [1.82, 2.24) is 10.2 Å². The fraction of sp³-hybridized carbons (Fsp3) is 1.00. The lowest BCUT2D eigenvalue weighted by Crippen LogP contribution is -2.61. The van der Waals surface area contributed by atoms with E-state index in [1.165, 1.54) is 32.4 Å². The van der Waals surface area contributed by atoms with Gasteiger partial charge in [0, 0.05) is 31.2 Å². The summed E-state index contributed by atoms with van der Waals surface area (Å²) < 4.78 is 0. The highest BCUT2D eigenvalue weighted by molar-refractivity contribution is 4.92. The minimum absolute atomic E-state index is 0.738. The molecule has 2 unspecified atom stereocenters. The molecule has 2 heterocycles. The van der Waals surface area contributed by atoms with Gasteiger partial charge in [0.15, 0.2) is 0 Å². The average molecular weight is 168 g/mol. The average Bonchev–Trinajstić information content (AvgIpc) is 2.02. The predicted molar refractivity (Wildman–Crippen MR) is 51.3 cm³/mol. The van der Waals surface area contributed by atoms with Gasteiger partial charge in [-0.3, -0.25) is 4.90 Å². The van der Waals surface area contributed by atoms with Crippen LogP contribution in [0.3, 0.4) is 0 Å². The first-order valence-corrected chi connectivity index (χ1v) is 5.27. The van der Waals surface area contributed by atoms with Crippen LogP contribution in [0.5, 0.6) is 0 Å². The molecule has 0 aromatic heterocycles. The van der Waals surface area contributed by atoms with Crippen molar-refractivity contribution >= 4 is 0 Å². The molecular weight excluding hydrogens is 148 g/mol. The van der Waals surface area contributed by atoms with Crippen molar-refractivity contribution < 1.29 is 0 Å². The largest absolute Gasteiger partial charge is 0.314 e. The summed E-state index contributed by atoms with van der Waals surface area (Å²) in [5.74, 6) is 0. The molecule has 2 fully saturated rings. The van der Waals surface area contributed by atoms with Gasteiger partial charge in [-0.2, -0.15) is 0 Å². The molecule has 2 atom stereocenters. The third-order valence-electron chi connectivity index (χ3n) is 3.27. The van der Waals surface area contributed by atoms with Crippen LogP contribution in [0.25, 0.3) is 0 Å². The van der Waals surface area contributed by atoms with Gasteiger partial charge in [-0.1, -0.05) is 6.42 Å². The minimum Gasteiger partial charge on any atom is -0.314 e. The number of piperazine rings is 1. The smallest absolute Gasteiger partial charge is 0.0226 e. The number of nitrogens with one attached hydrogen (secondary N) is 1. The monoisotopic (exact) mass is 168 g/mol. The number of piperidine rings is 1. The van der Waals surface area contributed by atoms with E-state index in [-0.39, 0.29) is 0 Å². The van der Waals surface area contributed by atoms with Crippen LogP contribution in [0, 0.1) is 0 Å². The van der Waals surface area contributed by atoms with Crippen LogP contribution >= 0.6 is 0 Å². The topological polar surface area (TPSA) is 15.3 Å². The lowest BCUT2D eigenvalue weighted by Gasteiger charge is -2.48. The summed E-state index contributed by atoms with van der Waals surface area (Å²) in [5, 5.41) is 3.53. The first kappa shape index (κ1) is 8.52. The standard InChI is InChI=1S/C10H20N2/c1-8(2)12-9-4-3-5-10(12)7-11-6-9/h8-11H,3-7H2,1-2H3. The zero-order valence-corrected chi connectivity index (χ0v) is 8.21. The van der Waals surface area contributed by atoms with Crippen LogP contribution in [-0.4, -0.2) is 36.1 Å². The Balaban J connectivity index is 2.08. The van der Waals surface area contributed by atoms with E-state index in [2.05, 4.69) is 24.1 Å². The van der Waals surface area contributed by atoms with Crippen LogP contribution in [0.2, 0.25) is 0 Å². The van der Waals surface area contributed by atoms with E-state index >= 15 is 0 Å². The lowest BCUT2D eigenvalue weighted by molar-refractivity contribution is 0.0257. The Morgan fingerprint density at radius 3 is 2.17 bits per heavy atom. The van der Waals surface area contributed by atoms with E-state index in [1.807, 2.05) is 0 Å². The fourth-order valence-corrected chi connectivity index (χ4v) is 2.86. The Hall–Kier alpha value is -0.0800. The number of fused-ring (bicyclic) bond motifs is 2. The second-order valence-corrected chi connectivity index (χ2v) is 4.44. The van der Waals surface area contributed by atoms with Crippen LogP contribution in [0.4, 0.5) is 0 Å². The molecule has 0 spiro atoms. The van der Waals surface area contributed by atoms with Crippen LogP contribution < -0.4 is 5.32 Å². The molecule has 2 nitrogen and oxygen atoms in total. The van der Waals surface area contributed by atoms with Gasteiger partial charge in [-0.05, 0) is 26.7 Å². The first-order valence-electron chi connectivity index (χ1n) is 5.27. The van der Waals surface area contributed by atoms with Gasteiger partial charge in [-0.25, -0.2) is 0 Å². The maximum absolute atomic E-state index is 3.53. The highest BCUT2D eigenvalue weighted by atomic mass is 15.3. The van der Waals surface area contributed by atoms with Gasteiger partial charge in [-0.15, -0.1) is 0 Å². The molecule has 0 aromatic rings. The molecule has 0 aliphatic carbocycles. The summed E-state index contributed by atoms with van der Waals surface area (Å²) in [6, 6.07) is 2.40. The molecule has 2 heteroatoms. The summed E-state index contributed by atoms with van der Waals surface area (Å²) in [6.45, 7) is 7.09. The van der Waals surface area contributed by atoms with Crippen LogP contribution in [-0.2, 0) is 0 Å². The zero-order valence-electron chi connectivity index (χ0n) is 8.21. The van der Waals surface area contributed by atoms with Crippen molar-refractivity contribution in [2.75, 3.05) is 13.1 Å². The second-order valence-electron chi connectivity index (χ2n) is 4.44. The predicted octanol–water partition coefficient (Wildman–Crippen LogP) is 1.22. The minimum atomic E-state index is 0.738. The van der Waals surface area contributed by atoms with Crippen molar-refractivity contribution in [2.45, 2.75) is 51.2 Å². The molecule has 2 saturated heterocycles. The Morgan fingerprint density at radius 2 is 1.75 bits per heavy atom. The Bertz CT molecular complexity index is 134. The lowest BCUT2D eigenvalue weighted by atomic mass is 9.91. The molecule has 0 amide bonds. The molecule has 2 rings (SSSR count). The van der Waals surface area contributed by atoms with E-state index < -0.39 is 0 Å². The molecule has 2 bridgehead atoms. The quantitative estimate of drug-likeness (QED) is 0.633. The number of nitrogens with zero attached hydrogens (tertiary/aromatic N) is 1. The molecule has 2 aliphatic rings. The maximum atomic E-state index is 3.53. The highest BCUT2D eigenvalue weighted by Crippen LogP contribution is 2.26. The van der Waals surface area contributed by atoms with Gasteiger partial charge in [0.1, 0.15) is 0 Å². The highest BCUT2D eigenvalue weighted by Gasteiger charge is 2.34. The Kier molecular flexibility index (Phi) is 2.37. The Labute approximate surface area is 75.3 Å². The van der Waals surface area contributed by atoms with Crippen molar-refractivity contribution in [1.29, 1.82) is 0 Å². The summed E-state index contributed by atoms with van der Waals surface area (Å²) in [4.78, 5) is 2.72. The van der Waals surface area contributed by atoms with Crippen molar-refractivity contribution in [2.24, 2.45) is 0 Å². The van der Waals surface area contributed by atoms with Gasteiger partial charge in [0.05, 0.1) is 0 Å². The van der Waals surface area contributed by atoms with Crippen LogP contribution in [0.15, 0.2) is 0 Å². The normalized spacial score (nSPS) is 37.2. The van der Waals surface area contributed by atoms with E-state index in [4.69, 9.17) is 0 Å². The maximum Gasteiger partial charge on any atom is 0.0226 e. The van der Waals surface area contributed by atoms with Crippen molar-refractivity contribution in [3.05, 3.63) is 0 Å². The fourth-order valence-electron chi connectivity index (χ4n) is 2.86. The second kappa shape index (κ2) is 3.35. The van der Waals surface area contributed by atoms with Gasteiger partial charge in [0.2, 0.25) is 0 Å². The summed E-state index contributed by atoms with van der Waals surface area (Å²) in [6.07, 6.45) is 4.25. The summed E-state index contributed by atoms with van der Waals surface area (Å²) >= 11 is 0. The molecule has 70 valence electrons. The van der Waals surface area contributed by atoms with Gasteiger partial charge < -0.3 is 5.32 Å². The third-order valence-corrected chi connectivity index (χ3v) is 3.27. The number of hydrogen-bond acceptors (Lipinski definition) is 2. The van der Waals surface area contributed by atoms with Crippen LogP contribution in [0.1, 0.15) is 33.1 Å². The van der Waals surface area contributed by atoms with E-state index in [9.17, 15) is 0 Å². The molecule has 0 radical (unpaired) electrons. The molecule has 0 saturated carbocycles. The van der Waals surface area contributed by atoms with Crippen molar-refractivity contribution in [3.8, 4) is 0 Å². The SMILES string of the molecule is CC(C)N1C2CCCC1CNC2. The van der Waals surface area contributed by atoms with Gasteiger partial charge in [0.25, 0.3) is 0 Å². The van der Waals surface area contributed by atoms with E-state index in [0.717, 1.165) is 18.1 Å². The van der Waals surface area contributed by atoms with Crippen molar-refractivity contribution in [3.63, 3.8) is 0 Å². The molecule has 12 heavy (non-hydrogen) atoms. The molecule has 2 aliphatic heterocycles. The summed E-state index contributed by atoms with van der Waals surface area (Å²) in [7, 11) is 0. The number of rotatable bonds is 1. The van der Waals surface area contributed by atoms with E-state index in [1.54, 1.807) is 0 Å². The third kappa shape index (κ3) is 1.38. The van der Waals surface area contributed by atoms with Gasteiger partial charge >= 0.3 is 0 Å². The molecular formula is C10H20N2. The molecule has 1 N–H and O–H groups in total. The first-order chi connectivity index (χ1) is 5.79. The molecule has 0 aromatic carbocycles. The number of hydrogen-bond donors (Lipinski definition) is 1. The van der Waals surface area contributed by atoms with E-state index in [0.29, 0.717) is 0 Å². The zero-order chi connectivity index (χ0) is 8.55. The summed E-state index contributed by atoms with van der Waals surface area (Å²) in [5.41, 5.74) is 0. The Morgan fingerprint density at radius 1 is 1.17 bits per heavy atom.